The highest BCUT2D eigenvalue weighted by atomic mass is 35.5. The van der Waals surface area contributed by atoms with Gasteiger partial charge in [0.25, 0.3) is 0 Å². The van der Waals surface area contributed by atoms with Crippen LogP contribution in [-0.2, 0) is 21.3 Å². The van der Waals surface area contributed by atoms with Gasteiger partial charge in [-0.2, -0.15) is 0 Å². The van der Waals surface area contributed by atoms with Gasteiger partial charge in [0.05, 0.1) is 26.1 Å². The number of halogens is 1. The number of imidazole rings is 1. The van der Waals surface area contributed by atoms with Gasteiger partial charge in [-0.25, -0.2) is 14.6 Å². The molecule has 2 aliphatic rings. The van der Waals surface area contributed by atoms with Gasteiger partial charge in [-0.3, -0.25) is 0 Å². The molecule has 33 heavy (non-hydrogen) atoms. The van der Waals surface area contributed by atoms with Crippen LogP contribution in [0.3, 0.4) is 0 Å². The van der Waals surface area contributed by atoms with Crippen LogP contribution in [0, 0.1) is 11.8 Å². The lowest BCUT2D eigenvalue weighted by molar-refractivity contribution is 0.0466. The molecule has 1 N–H and O–H groups in total. The molecule has 0 aliphatic heterocycles. The van der Waals surface area contributed by atoms with Gasteiger partial charge in [0, 0.05) is 37.6 Å². The summed E-state index contributed by atoms with van der Waals surface area (Å²) in [4.78, 5) is 24.2. The van der Waals surface area contributed by atoms with Crippen LogP contribution in [0.2, 0.25) is 0 Å². The van der Waals surface area contributed by atoms with E-state index in [4.69, 9.17) is 21.4 Å². The highest BCUT2D eigenvalue weighted by Gasteiger charge is 2.12. The highest BCUT2D eigenvalue weighted by Crippen LogP contribution is 2.18. The number of carbonyl (C=O) groups excluding carboxylic acids is 2. The molecule has 9 heteroatoms. The lowest BCUT2D eigenvalue weighted by Crippen LogP contribution is -2.15. The van der Waals surface area contributed by atoms with E-state index in [1.54, 1.807) is 26.4 Å². The maximum Gasteiger partial charge on any atom is 0.508 e. The number of aryl methyl sites for hydroxylation is 1. The minimum absolute atomic E-state index is 0.350. The zero-order valence-electron chi connectivity index (χ0n) is 20.0. The van der Waals surface area contributed by atoms with E-state index in [2.05, 4.69) is 38.8 Å². The van der Waals surface area contributed by atoms with E-state index in [0.29, 0.717) is 38.3 Å². The maximum absolute atomic E-state index is 10.8. The fourth-order valence-electron chi connectivity index (χ4n) is 2.81. The average Bonchev–Trinajstić information content (AvgIpc) is 3.31. The lowest BCUT2D eigenvalue weighted by atomic mass is 9.95. The standard InChI is InChI=1S/C10H16O3.C7H12O.C4H6N2.C3H5ClO2/c1-2-12-10(11)13-8-9-6-4-3-5-7-9;8-6-7-4-2-1-3-5-7;1-6-3-2-5-4-6;1-2-6-3(4)5/h3-4,9H,2,5-8H2,1H3;1-2,7-8H,3-6H2;2-4H,1H3;2H2,1H3. The normalized spacial score (nSPS) is 18.2. The molecule has 2 atom stereocenters. The van der Waals surface area contributed by atoms with Crippen molar-refractivity contribution in [3.05, 3.63) is 43.0 Å². The van der Waals surface area contributed by atoms with Crippen LogP contribution >= 0.6 is 11.6 Å². The Morgan fingerprint density at radius 2 is 1.61 bits per heavy atom. The van der Waals surface area contributed by atoms with Crippen molar-refractivity contribution in [2.24, 2.45) is 18.9 Å². The molecule has 188 valence electrons. The van der Waals surface area contributed by atoms with Gasteiger partial charge in [0.1, 0.15) is 0 Å². The first kappa shape index (κ1) is 30.7. The summed E-state index contributed by atoms with van der Waals surface area (Å²) in [5.74, 6) is 1.04. The maximum atomic E-state index is 10.8. The Bertz CT molecular complexity index is 664. The van der Waals surface area contributed by atoms with Crippen molar-refractivity contribution in [3.8, 4) is 0 Å². The first-order chi connectivity index (χ1) is 15.9. The Labute approximate surface area is 202 Å². The number of ether oxygens (including phenoxy) is 3. The zero-order valence-corrected chi connectivity index (χ0v) is 20.8. The van der Waals surface area contributed by atoms with E-state index < -0.39 is 11.6 Å². The summed E-state index contributed by atoms with van der Waals surface area (Å²) >= 11 is 4.72. The number of hydrogen-bond acceptors (Lipinski definition) is 7. The molecule has 1 aromatic heterocycles. The van der Waals surface area contributed by atoms with E-state index in [-0.39, 0.29) is 0 Å². The number of aromatic nitrogens is 2. The smallest absolute Gasteiger partial charge is 0.454 e. The molecule has 1 heterocycles. The molecule has 1 aromatic rings. The number of rotatable bonds is 5. The van der Waals surface area contributed by atoms with Crippen LogP contribution in [0.5, 0.6) is 0 Å². The Kier molecular flexibility index (Phi) is 20.0. The van der Waals surface area contributed by atoms with Crippen LogP contribution in [0.25, 0.3) is 0 Å². The molecule has 0 amide bonds. The largest absolute Gasteiger partial charge is 0.508 e. The second kappa shape index (κ2) is 21.5. The molecule has 0 saturated carbocycles. The quantitative estimate of drug-likeness (QED) is 0.326. The summed E-state index contributed by atoms with van der Waals surface area (Å²) in [6, 6.07) is 0. The molecule has 0 saturated heterocycles. The van der Waals surface area contributed by atoms with Gasteiger partial charge in [0.15, 0.2) is 0 Å². The third-order valence-corrected chi connectivity index (χ3v) is 4.72. The predicted octanol–water partition coefficient (Wildman–Crippen LogP) is 5.65. The summed E-state index contributed by atoms with van der Waals surface area (Å²) in [5.41, 5.74) is -0.738. The van der Waals surface area contributed by atoms with Crippen LogP contribution in [-0.4, -0.2) is 52.7 Å². The molecular formula is C24H39ClN2O6. The Hall–Kier alpha value is -2.32. The summed E-state index contributed by atoms with van der Waals surface area (Å²) in [6.07, 6.45) is 20.1. The minimum Gasteiger partial charge on any atom is -0.454 e. The van der Waals surface area contributed by atoms with E-state index in [9.17, 15) is 9.59 Å². The van der Waals surface area contributed by atoms with Gasteiger partial charge >= 0.3 is 11.6 Å². The van der Waals surface area contributed by atoms with Gasteiger partial charge in [0.2, 0.25) is 0 Å². The van der Waals surface area contributed by atoms with Crippen molar-refractivity contribution in [2.45, 2.75) is 52.4 Å². The fourth-order valence-corrected chi connectivity index (χ4v) is 2.92. The zero-order chi connectivity index (χ0) is 24.7. The highest BCUT2D eigenvalue weighted by molar-refractivity contribution is 6.61. The Balaban J connectivity index is 0.000000441. The number of carbonyl (C=O) groups is 2. The molecule has 0 bridgehead atoms. The van der Waals surface area contributed by atoms with Crippen LogP contribution in [0.15, 0.2) is 43.0 Å². The van der Waals surface area contributed by atoms with Gasteiger partial charge in [-0.05, 0) is 64.2 Å². The second-order valence-corrected chi connectivity index (χ2v) is 7.68. The number of hydrogen-bond donors (Lipinski definition) is 1. The van der Waals surface area contributed by atoms with E-state index >= 15 is 0 Å². The fraction of sp³-hybridized carbons (Fsp3) is 0.625. The van der Waals surface area contributed by atoms with Crippen molar-refractivity contribution in [3.63, 3.8) is 0 Å². The molecule has 0 fully saturated rings. The van der Waals surface area contributed by atoms with Crippen LogP contribution in [0.4, 0.5) is 9.59 Å². The Morgan fingerprint density at radius 1 is 1.00 bits per heavy atom. The number of allylic oxidation sites excluding steroid dienone is 4. The van der Waals surface area contributed by atoms with Crippen LogP contribution in [0.1, 0.15) is 52.4 Å². The molecular weight excluding hydrogens is 448 g/mol. The van der Waals surface area contributed by atoms with E-state index in [1.807, 2.05) is 17.8 Å². The average molecular weight is 487 g/mol. The van der Waals surface area contributed by atoms with E-state index in [1.165, 1.54) is 6.42 Å². The van der Waals surface area contributed by atoms with Gasteiger partial charge in [-0.1, -0.05) is 24.3 Å². The lowest BCUT2D eigenvalue weighted by Gasteiger charge is -2.16. The Morgan fingerprint density at radius 3 is 1.91 bits per heavy atom. The first-order valence-corrected chi connectivity index (χ1v) is 11.7. The number of aliphatic hydroxyl groups is 1. The monoisotopic (exact) mass is 486 g/mol. The van der Waals surface area contributed by atoms with Crippen molar-refractivity contribution >= 4 is 23.2 Å². The molecule has 0 aromatic carbocycles. The summed E-state index contributed by atoms with van der Waals surface area (Å²) in [6.45, 7) is 5.05. The van der Waals surface area contributed by atoms with Crippen molar-refractivity contribution in [2.75, 3.05) is 26.4 Å². The molecule has 0 spiro atoms. The third-order valence-electron chi connectivity index (χ3n) is 4.61. The topological polar surface area (TPSA) is 99.9 Å². The molecule has 0 radical (unpaired) electrons. The van der Waals surface area contributed by atoms with Crippen LogP contribution < -0.4 is 0 Å². The van der Waals surface area contributed by atoms with Crippen molar-refractivity contribution in [1.29, 1.82) is 0 Å². The predicted molar refractivity (Wildman–Crippen MR) is 129 cm³/mol. The molecule has 2 aliphatic carbocycles. The van der Waals surface area contributed by atoms with Crippen molar-refractivity contribution < 1.29 is 28.9 Å². The van der Waals surface area contributed by atoms with E-state index in [0.717, 1.165) is 32.1 Å². The number of aliphatic hydroxyl groups excluding tert-OH is 1. The number of nitrogens with zero attached hydrogens (tertiary/aromatic N) is 2. The van der Waals surface area contributed by atoms with Gasteiger partial charge < -0.3 is 23.9 Å². The summed E-state index contributed by atoms with van der Waals surface area (Å²) in [7, 11) is 1.94. The summed E-state index contributed by atoms with van der Waals surface area (Å²) in [5, 5.41) is 8.66. The third kappa shape index (κ3) is 20.0. The summed E-state index contributed by atoms with van der Waals surface area (Å²) < 4.78 is 15.6. The first-order valence-electron chi connectivity index (χ1n) is 11.4. The SMILES string of the molecule is CCOC(=O)Cl.CCOC(=O)OCC1CC=CCC1.Cn1ccnc1.OCC1CC=CCC1. The minimum atomic E-state index is -0.738. The second-order valence-electron chi connectivity index (χ2n) is 7.38. The molecule has 2 unspecified atom stereocenters. The molecule has 8 nitrogen and oxygen atoms in total. The van der Waals surface area contributed by atoms with Gasteiger partial charge in [-0.15, -0.1) is 0 Å². The van der Waals surface area contributed by atoms with Crippen molar-refractivity contribution in [1.82, 2.24) is 9.55 Å². The molecule has 3 rings (SSSR count).